The van der Waals surface area contributed by atoms with Crippen molar-refractivity contribution in [3.8, 4) is 11.5 Å². The van der Waals surface area contributed by atoms with Crippen LogP contribution in [0.2, 0.25) is 0 Å². The van der Waals surface area contributed by atoms with Gasteiger partial charge in [0, 0.05) is 85.4 Å². The Bertz CT molecular complexity index is 2210. The number of allylic oxidation sites excluding steroid dienone is 2. The van der Waals surface area contributed by atoms with Gasteiger partial charge in [0.1, 0.15) is 24.2 Å². The molecule has 10 rings (SSSR count). The van der Waals surface area contributed by atoms with Crippen LogP contribution in [0.15, 0.2) is 51.9 Å². The van der Waals surface area contributed by atoms with E-state index in [1.165, 1.54) is 56.2 Å². The SMILES string of the molecule is CN=C(N)NC1CSSCC2C(N)CC3CC(CCc4oc(CCc5ccc(O)c(OCC(O)c6cc7c([nH]6)C6C=CC8(CCCC8C6)C7CNCC(C)O)c5)cc4CO)CCC2C3CCC1C. The lowest BCUT2D eigenvalue weighted by molar-refractivity contribution is 0.0714. The Labute approximate surface area is 412 Å². The molecule has 1 saturated heterocycles. The van der Waals surface area contributed by atoms with Crippen LogP contribution >= 0.6 is 21.6 Å². The third-order valence-electron chi connectivity index (χ3n) is 17.7. The van der Waals surface area contributed by atoms with Crippen LogP contribution in [-0.4, -0.2) is 87.8 Å². The summed E-state index contributed by atoms with van der Waals surface area (Å²) < 4.78 is 12.7. The first-order valence-corrected chi connectivity index (χ1v) is 28.5. The highest BCUT2D eigenvalue weighted by Gasteiger charge is 2.53. The van der Waals surface area contributed by atoms with Crippen LogP contribution < -0.4 is 26.8 Å². The lowest BCUT2D eigenvalue weighted by Crippen LogP contribution is -2.48. The minimum Gasteiger partial charge on any atom is -0.504 e. The first-order chi connectivity index (χ1) is 32.9. The smallest absolute Gasteiger partial charge is 0.188 e. The number of aryl methyl sites for hydroxylation is 3. The summed E-state index contributed by atoms with van der Waals surface area (Å²) >= 11 is 0. The van der Waals surface area contributed by atoms with Gasteiger partial charge in [0.25, 0.3) is 0 Å². The average molecular weight is 973 g/mol. The van der Waals surface area contributed by atoms with Crippen molar-refractivity contribution >= 4 is 27.5 Å². The molecule has 3 saturated carbocycles. The Morgan fingerprint density at radius 1 is 1.01 bits per heavy atom. The number of rotatable bonds is 16. The Balaban J connectivity index is 0.800. The summed E-state index contributed by atoms with van der Waals surface area (Å²) in [6.45, 7) is 5.46. The van der Waals surface area contributed by atoms with E-state index >= 15 is 0 Å². The highest BCUT2D eigenvalue weighted by Crippen LogP contribution is 2.62. The predicted octanol–water partition coefficient (Wildman–Crippen LogP) is 8.24. The molecule has 3 aromatic rings. The van der Waals surface area contributed by atoms with Crippen LogP contribution in [0.25, 0.3) is 0 Å². The number of phenolic OH excluding ortho intramolecular Hbond substituents is 1. The van der Waals surface area contributed by atoms with Crippen LogP contribution in [0.4, 0.5) is 0 Å². The molecule has 0 amide bonds. The molecule has 1 spiro atoms. The largest absolute Gasteiger partial charge is 0.504 e. The number of furan rings is 1. The molecule has 3 heterocycles. The highest BCUT2D eigenvalue weighted by atomic mass is 33.1. The number of hydrogen-bond donors (Lipinski definition) is 9. The Morgan fingerprint density at radius 2 is 1.85 bits per heavy atom. The topological polar surface area (TPSA) is 208 Å². The van der Waals surface area contributed by atoms with Gasteiger partial charge in [-0.25, -0.2) is 0 Å². The number of ether oxygens (including phenoxy) is 1. The zero-order valence-corrected chi connectivity index (χ0v) is 42.3. The molecule has 7 aliphatic rings. The number of aromatic amines is 1. The van der Waals surface area contributed by atoms with Gasteiger partial charge in [-0.2, -0.15) is 0 Å². The summed E-state index contributed by atoms with van der Waals surface area (Å²) in [5.41, 5.74) is 18.3. The second-order valence-corrected chi connectivity index (χ2v) is 24.4. The standard InChI is InChI=1S/C54H80N6O6S2/c1-31-6-12-40-36-19-33(8-13-41(40)43(45(55)23-36)29-67-68-30-47(31)60-53(56)57-3)10-15-50-37(27-61)22-39(66-50)11-7-34-9-14-48(63)51(20-34)65-28-49(64)46-24-42-44(26-58-25-32(2)62)54-17-4-5-38(54)21-35(16-18-54)52(42)59-46/h9,14,16,18,20,22,24,31-33,35-36,38,40-41,43-45,47,49,58-59,61-64H,4-8,10-13,15,17,19,21,23,25-30,55H2,1-3H3,(H3,56,57,60). The van der Waals surface area contributed by atoms with Crippen molar-refractivity contribution in [2.45, 2.75) is 146 Å². The van der Waals surface area contributed by atoms with E-state index in [9.17, 15) is 20.4 Å². The van der Waals surface area contributed by atoms with Gasteiger partial charge in [0.05, 0.1) is 12.7 Å². The van der Waals surface area contributed by atoms with Crippen LogP contribution in [-0.2, 0) is 25.9 Å². The molecule has 6 bridgehead atoms. The van der Waals surface area contributed by atoms with Crippen LogP contribution in [0.5, 0.6) is 11.5 Å². The third kappa shape index (κ3) is 10.9. The van der Waals surface area contributed by atoms with Crippen molar-refractivity contribution < 1.29 is 29.6 Å². The Morgan fingerprint density at radius 3 is 2.68 bits per heavy atom. The van der Waals surface area contributed by atoms with Crippen molar-refractivity contribution in [1.29, 1.82) is 0 Å². The van der Waals surface area contributed by atoms with E-state index in [1.807, 2.05) is 46.7 Å². The molecule has 14 heteroatoms. The predicted molar refractivity (Wildman–Crippen MR) is 275 cm³/mol. The molecule has 4 fully saturated rings. The molecule has 1 aliphatic heterocycles. The van der Waals surface area contributed by atoms with Gasteiger partial charge in [0.2, 0.25) is 0 Å². The number of aromatic nitrogens is 1. The van der Waals surface area contributed by atoms with E-state index in [2.05, 4.69) is 45.8 Å². The van der Waals surface area contributed by atoms with Gasteiger partial charge in [-0.3, -0.25) is 4.99 Å². The summed E-state index contributed by atoms with van der Waals surface area (Å²) in [6.07, 6.45) is 18.7. The maximum atomic E-state index is 11.5. The molecule has 14 atom stereocenters. The quantitative estimate of drug-likeness (QED) is 0.0288. The molecule has 374 valence electrons. The fraction of sp³-hybridized carbons (Fsp3) is 0.685. The number of phenols is 1. The summed E-state index contributed by atoms with van der Waals surface area (Å²) in [7, 11) is 5.71. The fourth-order valence-corrected chi connectivity index (χ4v) is 16.9. The summed E-state index contributed by atoms with van der Waals surface area (Å²) in [5.74, 6) is 9.66. The van der Waals surface area contributed by atoms with E-state index < -0.39 is 12.2 Å². The zero-order valence-electron chi connectivity index (χ0n) is 40.7. The normalized spacial score (nSPS) is 33.5. The van der Waals surface area contributed by atoms with Gasteiger partial charge in [0.15, 0.2) is 17.5 Å². The summed E-state index contributed by atoms with van der Waals surface area (Å²) in [5, 5.41) is 49.9. The van der Waals surface area contributed by atoms with Crippen molar-refractivity contribution in [3.63, 3.8) is 0 Å². The molecule has 68 heavy (non-hydrogen) atoms. The van der Waals surface area contributed by atoms with E-state index in [4.69, 9.17) is 20.6 Å². The molecule has 6 aliphatic carbocycles. The van der Waals surface area contributed by atoms with Gasteiger partial charge in [-0.1, -0.05) is 59.6 Å². The molecule has 12 nitrogen and oxygen atoms in total. The number of H-pyrrole nitrogens is 1. The van der Waals surface area contributed by atoms with Crippen molar-refractivity contribution in [2.75, 3.05) is 38.2 Å². The van der Waals surface area contributed by atoms with E-state index in [1.54, 1.807) is 13.1 Å². The number of guanidine groups is 1. The number of aliphatic hydroxyl groups excluding tert-OH is 3. The minimum absolute atomic E-state index is 0.00576. The van der Waals surface area contributed by atoms with Crippen molar-refractivity contribution in [3.05, 3.63) is 82.1 Å². The van der Waals surface area contributed by atoms with Gasteiger partial charge < -0.3 is 56.7 Å². The van der Waals surface area contributed by atoms with E-state index in [-0.39, 0.29) is 36.3 Å². The second kappa shape index (κ2) is 22.1. The van der Waals surface area contributed by atoms with E-state index in [0.717, 1.165) is 78.5 Å². The first kappa shape index (κ1) is 49.9. The van der Waals surface area contributed by atoms with Crippen LogP contribution in [0.1, 0.15) is 142 Å². The molecule has 2 aromatic heterocycles. The molecular formula is C54H80N6O6S2. The first-order valence-electron chi connectivity index (χ1n) is 26.1. The van der Waals surface area contributed by atoms with E-state index in [0.29, 0.717) is 84.5 Å². The number of benzene rings is 1. The van der Waals surface area contributed by atoms with Crippen LogP contribution in [0.3, 0.4) is 0 Å². The van der Waals surface area contributed by atoms with Crippen molar-refractivity contribution in [1.82, 2.24) is 15.6 Å². The second-order valence-electron chi connectivity index (χ2n) is 21.9. The summed E-state index contributed by atoms with van der Waals surface area (Å²) in [6, 6.07) is 10.2. The number of aliphatic hydroxyl groups is 3. The number of aromatic hydroxyl groups is 1. The highest BCUT2D eigenvalue weighted by molar-refractivity contribution is 8.76. The lowest BCUT2D eigenvalue weighted by atomic mass is 9.62. The Kier molecular flexibility index (Phi) is 16.2. The maximum Gasteiger partial charge on any atom is 0.188 e. The number of nitrogens with two attached hydrogens (primary N) is 2. The maximum absolute atomic E-state index is 11.5. The molecule has 1 aromatic carbocycles. The average Bonchev–Trinajstić information content (AvgIpc) is 4.03. The number of nitrogens with one attached hydrogen (secondary N) is 3. The molecule has 14 unspecified atom stereocenters. The molecule has 0 radical (unpaired) electrons. The molecule has 11 N–H and O–H groups in total. The van der Waals surface area contributed by atoms with Crippen LogP contribution in [0, 0.1) is 46.8 Å². The molecular weight excluding hydrogens is 893 g/mol. The minimum atomic E-state index is -0.906. The number of aliphatic imine (C=N–C) groups is 1. The van der Waals surface area contributed by atoms with Gasteiger partial charge in [-0.15, -0.1) is 0 Å². The summed E-state index contributed by atoms with van der Waals surface area (Å²) in [4.78, 5) is 7.82. The monoisotopic (exact) mass is 973 g/mol. The fourth-order valence-electron chi connectivity index (χ4n) is 14.0. The van der Waals surface area contributed by atoms with Gasteiger partial charge in [-0.05, 0) is 153 Å². The zero-order chi connectivity index (χ0) is 47.5. The number of hydrogen-bond acceptors (Lipinski definition) is 11. The Hall–Kier alpha value is -3.11. The third-order valence-corrected chi connectivity index (χ3v) is 20.2. The number of nitrogens with zero attached hydrogens (tertiary/aromatic N) is 1. The van der Waals surface area contributed by atoms with Gasteiger partial charge >= 0.3 is 0 Å². The lowest BCUT2D eigenvalue weighted by Gasteiger charge is -2.46. The van der Waals surface area contributed by atoms with Crippen molar-refractivity contribution in [2.24, 2.45) is 63.3 Å².